The Bertz CT molecular complexity index is 382. The third kappa shape index (κ3) is 13.5. The van der Waals surface area contributed by atoms with Crippen LogP contribution in [-0.4, -0.2) is 0 Å². The first-order valence-electron chi connectivity index (χ1n) is 6.54. The summed E-state index contributed by atoms with van der Waals surface area (Å²) in [6.45, 7) is 3.73. The summed E-state index contributed by atoms with van der Waals surface area (Å²) < 4.78 is 0. The molecule has 0 saturated heterocycles. The average Bonchev–Trinajstić information content (AvgIpc) is 3.19. The average molecular weight is 311 g/mol. The maximum Gasteiger partial charge on any atom is 0 e. The van der Waals surface area contributed by atoms with Crippen molar-refractivity contribution in [3.05, 3.63) is 105 Å². The van der Waals surface area contributed by atoms with E-state index in [1.54, 1.807) is 0 Å². The summed E-state index contributed by atoms with van der Waals surface area (Å²) in [6, 6.07) is 10.2. The van der Waals surface area contributed by atoms with Crippen LogP contribution in [0.5, 0.6) is 0 Å². The first kappa shape index (κ1) is 22.1. The zero-order valence-electron chi connectivity index (χ0n) is 12.8. The molecule has 21 heavy (non-hydrogen) atoms. The molecule has 0 N–H and O–H groups in total. The molecule has 0 nitrogen and oxygen atoms in total. The number of hydrogen-bond acceptors (Lipinski definition) is 0. The van der Waals surface area contributed by atoms with Crippen molar-refractivity contribution >= 4 is 0 Å². The van der Waals surface area contributed by atoms with Crippen LogP contribution in [-0.2, 0) is 21.7 Å². The van der Waals surface area contributed by atoms with E-state index in [0.29, 0.717) is 0 Å². The van der Waals surface area contributed by atoms with Gasteiger partial charge in [-0.1, -0.05) is 6.07 Å². The van der Waals surface area contributed by atoms with Crippen molar-refractivity contribution in [3.8, 4) is 0 Å². The van der Waals surface area contributed by atoms with Gasteiger partial charge in [0.1, 0.15) is 0 Å². The molecule has 0 saturated carbocycles. The van der Waals surface area contributed by atoms with Crippen LogP contribution >= 0.6 is 0 Å². The van der Waals surface area contributed by atoms with Gasteiger partial charge in [-0.05, 0) is 0 Å². The van der Waals surface area contributed by atoms with Crippen molar-refractivity contribution in [2.24, 2.45) is 0 Å². The molecular weight excluding hydrogens is 288 g/mol. The second kappa shape index (κ2) is 16.8. The van der Waals surface area contributed by atoms with Gasteiger partial charge in [-0.25, -0.2) is 37.1 Å². The zero-order valence-corrected chi connectivity index (χ0v) is 14.3. The Kier molecular flexibility index (Phi) is 17.7. The molecule has 1 aromatic rings. The normalized spacial score (nSPS) is 12.2. The molecular formula is C20H23Ti-5. The molecule has 2 aliphatic carbocycles. The Morgan fingerprint density at radius 2 is 1.48 bits per heavy atom. The minimum Gasteiger partial charge on any atom is -0.358 e. The first-order valence-corrected chi connectivity index (χ1v) is 6.54. The maximum atomic E-state index is 3.73. The second-order valence-electron chi connectivity index (χ2n) is 3.91. The van der Waals surface area contributed by atoms with Crippen molar-refractivity contribution in [1.29, 1.82) is 0 Å². The summed E-state index contributed by atoms with van der Waals surface area (Å²) >= 11 is 0. The van der Waals surface area contributed by atoms with Gasteiger partial charge in [0.25, 0.3) is 0 Å². The van der Waals surface area contributed by atoms with Crippen LogP contribution in [0.15, 0.2) is 66.8 Å². The van der Waals surface area contributed by atoms with Gasteiger partial charge in [-0.15, -0.1) is 25.0 Å². The van der Waals surface area contributed by atoms with E-state index in [9.17, 15) is 0 Å². The van der Waals surface area contributed by atoms with Crippen LogP contribution in [0.3, 0.4) is 0 Å². The van der Waals surface area contributed by atoms with Crippen molar-refractivity contribution in [2.45, 2.75) is 19.3 Å². The Balaban J connectivity index is 0. The molecule has 0 aliphatic heterocycles. The number of hydrogen-bond donors (Lipinski definition) is 0. The van der Waals surface area contributed by atoms with Gasteiger partial charge in [0.15, 0.2) is 0 Å². The third-order valence-electron chi connectivity index (χ3n) is 2.35. The van der Waals surface area contributed by atoms with E-state index in [1.165, 1.54) is 5.56 Å². The van der Waals surface area contributed by atoms with E-state index in [4.69, 9.17) is 0 Å². The van der Waals surface area contributed by atoms with Gasteiger partial charge in [-0.2, -0.15) is 29.8 Å². The Hall–Kier alpha value is -1.24. The van der Waals surface area contributed by atoms with Crippen LogP contribution in [0.2, 0.25) is 0 Å². The standard InChI is InChI=1S/C9H10.2C5H5.CH3.Ti/c1-2-6-9-7-4-3-5-8-9;2*1-2-4-5-3-1;;/h3-8H,1-2H2;2*1-3H,4H2;1H3;/q-2;3*-1;. The van der Waals surface area contributed by atoms with E-state index >= 15 is 0 Å². The topological polar surface area (TPSA) is 0 Å². The van der Waals surface area contributed by atoms with Gasteiger partial charge in [0.2, 0.25) is 0 Å². The predicted octanol–water partition coefficient (Wildman–Crippen LogP) is 5.52. The maximum absolute atomic E-state index is 3.73. The fraction of sp³-hybridized carbons (Fsp3) is 0.150. The summed E-state index contributed by atoms with van der Waals surface area (Å²) in [5.74, 6) is 0. The molecule has 0 radical (unpaired) electrons. The largest absolute Gasteiger partial charge is 0.358 e. The smallest absolute Gasteiger partial charge is 0 e. The van der Waals surface area contributed by atoms with Crippen LogP contribution < -0.4 is 0 Å². The second-order valence-corrected chi connectivity index (χ2v) is 3.91. The number of benzene rings is 1. The Morgan fingerprint density at radius 3 is 1.76 bits per heavy atom. The molecule has 0 atom stereocenters. The molecule has 0 amide bonds. The van der Waals surface area contributed by atoms with E-state index in [0.717, 1.165) is 19.3 Å². The van der Waals surface area contributed by atoms with Crippen molar-refractivity contribution in [3.63, 3.8) is 0 Å². The fourth-order valence-corrected chi connectivity index (χ4v) is 1.44. The monoisotopic (exact) mass is 311 g/mol. The van der Waals surface area contributed by atoms with Gasteiger partial charge >= 0.3 is 0 Å². The number of rotatable bonds is 2. The molecule has 112 valence electrons. The Labute approximate surface area is 146 Å². The van der Waals surface area contributed by atoms with E-state index in [-0.39, 0.29) is 29.1 Å². The van der Waals surface area contributed by atoms with Crippen molar-refractivity contribution < 1.29 is 21.7 Å². The van der Waals surface area contributed by atoms with Crippen molar-refractivity contribution in [2.75, 3.05) is 0 Å². The first-order chi connectivity index (χ1) is 9.43. The van der Waals surface area contributed by atoms with Crippen LogP contribution in [0.1, 0.15) is 24.8 Å². The van der Waals surface area contributed by atoms with Gasteiger partial charge < -0.3 is 14.4 Å². The quantitative estimate of drug-likeness (QED) is 0.498. The van der Waals surface area contributed by atoms with Gasteiger partial charge in [0, 0.05) is 21.7 Å². The van der Waals surface area contributed by atoms with Gasteiger partial charge in [-0.3, -0.25) is 12.2 Å². The molecule has 0 unspecified atom stereocenters. The molecule has 0 fully saturated rings. The predicted molar refractivity (Wildman–Crippen MR) is 89.4 cm³/mol. The fourth-order valence-electron chi connectivity index (χ4n) is 1.44. The summed E-state index contributed by atoms with van der Waals surface area (Å²) in [7, 11) is 0. The molecule has 2 aliphatic rings. The molecule has 0 bridgehead atoms. The third-order valence-corrected chi connectivity index (χ3v) is 2.35. The van der Waals surface area contributed by atoms with Crippen LogP contribution in [0.25, 0.3) is 0 Å². The minimum absolute atomic E-state index is 0. The summed E-state index contributed by atoms with van der Waals surface area (Å²) in [5.41, 5.74) is 1.26. The molecule has 0 spiro atoms. The molecule has 1 heteroatoms. The number of allylic oxidation sites excluding steroid dienone is 8. The SMILES string of the molecule is [C-]1=CC=CC1.[C-]1=CC=CC1.[CH2-]C[CH-]c1ccccc1.[CH3-].[Ti]. The van der Waals surface area contributed by atoms with Gasteiger partial charge in [0.05, 0.1) is 0 Å². The minimum atomic E-state index is 0. The molecule has 0 heterocycles. The van der Waals surface area contributed by atoms with Crippen molar-refractivity contribution in [1.82, 2.24) is 0 Å². The summed E-state index contributed by atoms with van der Waals surface area (Å²) in [5, 5.41) is 0. The summed E-state index contributed by atoms with van der Waals surface area (Å²) in [6.07, 6.45) is 23.0. The summed E-state index contributed by atoms with van der Waals surface area (Å²) in [4.78, 5) is 0. The Morgan fingerprint density at radius 1 is 0.952 bits per heavy atom. The molecule has 0 aromatic heterocycles. The van der Waals surface area contributed by atoms with Crippen LogP contribution in [0.4, 0.5) is 0 Å². The van der Waals surface area contributed by atoms with E-state index in [2.05, 4.69) is 49.8 Å². The molecule has 1 aromatic carbocycles. The zero-order chi connectivity index (χ0) is 13.6. The van der Waals surface area contributed by atoms with E-state index in [1.807, 2.05) is 42.5 Å². The van der Waals surface area contributed by atoms with Crippen LogP contribution in [0, 0.1) is 32.9 Å². The molecule has 3 rings (SSSR count). The van der Waals surface area contributed by atoms with E-state index < -0.39 is 0 Å².